The molecule has 9 heteroatoms. The summed E-state index contributed by atoms with van der Waals surface area (Å²) in [6.45, 7) is 1.80. The number of hydrogen-bond acceptors (Lipinski definition) is 5. The van der Waals surface area contributed by atoms with E-state index in [1.54, 1.807) is 6.92 Å². The monoisotopic (exact) mass is 364 g/mol. The van der Waals surface area contributed by atoms with Gasteiger partial charge < -0.3 is 14.8 Å². The highest BCUT2D eigenvalue weighted by Gasteiger charge is 2.24. The molecule has 23 heavy (non-hydrogen) atoms. The summed E-state index contributed by atoms with van der Waals surface area (Å²) in [7, 11) is 0.457. The minimum Gasteiger partial charge on any atom is -0.495 e. The van der Waals surface area contributed by atoms with Crippen molar-refractivity contribution in [1.29, 1.82) is 0 Å². The molecule has 0 saturated heterocycles. The Morgan fingerprint density at radius 2 is 2.04 bits per heavy atom. The Labute approximate surface area is 141 Å². The molecule has 1 rings (SSSR count). The molecule has 0 spiro atoms. The summed E-state index contributed by atoms with van der Waals surface area (Å²) in [4.78, 5) is 11.9. The Bertz CT molecular complexity index is 651. The first-order valence-corrected chi connectivity index (χ1v) is 8.62. The third-order valence-electron chi connectivity index (χ3n) is 3.02. The van der Waals surface area contributed by atoms with Crippen LogP contribution in [0.25, 0.3) is 0 Å². The minimum atomic E-state index is -3.83. The summed E-state index contributed by atoms with van der Waals surface area (Å²) in [6, 6.07) is 3.92. The zero-order valence-electron chi connectivity index (χ0n) is 13.5. The fourth-order valence-corrected chi connectivity index (χ4v) is 3.36. The second-order valence-corrected chi connectivity index (χ2v) is 7.43. The highest BCUT2D eigenvalue weighted by Crippen LogP contribution is 2.27. The van der Waals surface area contributed by atoms with Crippen LogP contribution in [0.3, 0.4) is 0 Å². The van der Waals surface area contributed by atoms with Crippen LogP contribution in [0.2, 0.25) is 5.02 Å². The molecule has 0 heterocycles. The van der Waals surface area contributed by atoms with Gasteiger partial charge in [-0.25, -0.2) is 8.42 Å². The van der Waals surface area contributed by atoms with Crippen LogP contribution in [-0.4, -0.2) is 59.1 Å². The number of amides is 1. The summed E-state index contributed by atoms with van der Waals surface area (Å²) in [5.74, 6) is -0.0420. The molecule has 0 fully saturated rings. The number of ether oxygens (including phenoxy) is 2. The normalized spacial score (nSPS) is 13.0. The number of carbonyl (C=O) groups is 1. The minimum absolute atomic E-state index is 0.0106. The number of carbonyl (C=O) groups excluding carboxylic acids is 1. The van der Waals surface area contributed by atoms with Crippen molar-refractivity contribution in [3.63, 3.8) is 0 Å². The standard InChI is InChI=1S/C14H21ClN2O5S/c1-10(9-21-3)16-14(18)8-17(2)23(19,20)11-5-6-13(22-4)12(15)7-11/h5-7,10H,8-9H2,1-4H3,(H,16,18)/t10-/m1/s1. The maximum Gasteiger partial charge on any atom is 0.243 e. The number of likely N-dealkylation sites (N-methyl/N-ethyl adjacent to an activating group) is 1. The van der Waals surface area contributed by atoms with E-state index in [4.69, 9.17) is 21.1 Å². The van der Waals surface area contributed by atoms with Crippen molar-refractivity contribution in [3.05, 3.63) is 23.2 Å². The van der Waals surface area contributed by atoms with Gasteiger partial charge in [-0.1, -0.05) is 11.6 Å². The maximum absolute atomic E-state index is 12.5. The lowest BCUT2D eigenvalue weighted by Crippen LogP contribution is -2.43. The van der Waals surface area contributed by atoms with Crippen LogP contribution in [0.15, 0.2) is 23.1 Å². The van der Waals surface area contributed by atoms with Gasteiger partial charge in [0.25, 0.3) is 0 Å². The van der Waals surface area contributed by atoms with E-state index < -0.39 is 15.9 Å². The molecule has 1 atom stereocenters. The van der Waals surface area contributed by atoms with Gasteiger partial charge in [0.2, 0.25) is 15.9 Å². The Kier molecular flexibility index (Phi) is 7.27. The van der Waals surface area contributed by atoms with Crippen molar-refractivity contribution in [2.75, 3.05) is 34.4 Å². The number of nitrogens with zero attached hydrogens (tertiary/aromatic N) is 1. The second-order valence-electron chi connectivity index (χ2n) is 4.98. The zero-order valence-corrected chi connectivity index (χ0v) is 15.1. The molecule has 1 aromatic carbocycles. The average Bonchev–Trinajstić information content (AvgIpc) is 2.46. The van der Waals surface area contributed by atoms with Crippen molar-refractivity contribution in [2.45, 2.75) is 17.9 Å². The zero-order chi connectivity index (χ0) is 17.6. The molecule has 1 N–H and O–H groups in total. The van der Waals surface area contributed by atoms with Crippen molar-refractivity contribution in [3.8, 4) is 5.75 Å². The number of hydrogen-bond donors (Lipinski definition) is 1. The largest absolute Gasteiger partial charge is 0.495 e. The van der Waals surface area contributed by atoms with Gasteiger partial charge in [0.1, 0.15) is 5.75 Å². The van der Waals surface area contributed by atoms with E-state index in [-0.39, 0.29) is 22.5 Å². The smallest absolute Gasteiger partial charge is 0.243 e. The predicted octanol–water partition coefficient (Wildman–Crippen LogP) is 1.12. The van der Waals surface area contributed by atoms with Gasteiger partial charge in [-0.15, -0.1) is 0 Å². The Morgan fingerprint density at radius 1 is 1.39 bits per heavy atom. The summed E-state index contributed by atoms with van der Waals surface area (Å²) in [6.07, 6.45) is 0. The first-order valence-electron chi connectivity index (χ1n) is 6.80. The van der Waals surface area contributed by atoms with Crippen LogP contribution in [0, 0.1) is 0 Å². The van der Waals surface area contributed by atoms with Gasteiger partial charge in [0.15, 0.2) is 0 Å². The summed E-state index contributed by atoms with van der Waals surface area (Å²) in [5.41, 5.74) is 0. The molecule has 0 aliphatic rings. The Hall–Kier alpha value is -1.35. The molecule has 7 nitrogen and oxygen atoms in total. The molecule has 0 bridgehead atoms. The van der Waals surface area contributed by atoms with Crippen molar-refractivity contribution >= 4 is 27.5 Å². The summed E-state index contributed by atoms with van der Waals surface area (Å²) >= 11 is 5.95. The molecular formula is C14H21ClN2O5S. The lowest BCUT2D eigenvalue weighted by Gasteiger charge is -2.19. The maximum atomic E-state index is 12.5. The Balaban J connectivity index is 2.83. The number of rotatable bonds is 8. The lowest BCUT2D eigenvalue weighted by atomic mass is 10.3. The van der Waals surface area contributed by atoms with Gasteiger partial charge in [0.05, 0.1) is 30.2 Å². The highest BCUT2D eigenvalue weighted by molar-refractivity contribution is 7.89. The van der Waals surface area contributed by atoms with Crippen LogP contribution in [-0.2, 0) is 19.6 Å². The van der Waals surface area contributed by atoms with E-state index in [0.29, 0.717) is 12.4 Å². The molecular weight excluding hydrogens is 344 g/mol. The number of nitrogens with one attached hydrogen (secondary N) is 1. The van der Waals surface area contributed by atoms with Crippen LogP contribution in [0.4, 0.5) is 0 Å². The molecule has 0 aliphatic heterocycles. The number of halogens is 1. The molecule has 0 aliphatic carbocycles. The molecule has 1 amide bonds. The molecule has 1 aromatic rings. The molecule has 130 valence electrons. The third-order valence-corrected chi connectivity index (χ3v) is 5.12. The quantitative estimate of drug-likeness (QED) is 0.747. The van der Waals surface area contributed by atoms with Crippen molar-refractivity contribution < 1.29 is 22.7 Å². The van der Waals surface area contributed by atoms with Gasteiger partial charge in [0, 0.05) is 20.2 Å². The van der Waals surface area contributed by atoms with Crippen LogP contribution in [0.1, 0.15) is 6.92 Å². The number of sulfonamides is 1. The van der Waals surface area contributed by atoms with E-state index in [1.165, 1.54) is 39.5 Å². The second kappa shape index (κ2) is 8.49. The van der Waals surface area contributed by atoms with E-state index in [9.17, 15) is 13.2 Å². The SMILES string of the molecule is COC[C@@H](C)NC(=O)CN(C)S(=O)(=O)c1ccc(OC)c(Cl)c1. The van der Waals surface area contributed by atoms with E-state index in [1.807, 2.05) is 0 Å². The topological polar surface area (TPSA) is 84.9 Å². The van der Waals surface area contributed by atoms with Crippen LogP contribution >= 0.6 is 11.6 Å². The third kappa shape index (κ3) is 5.35. The number of methoxy groups -OCH3 is 2. The van der Waals surface area contributed by atoms with Crippen molar-refractivity contribution in [2.24, 2.45) is 0 Å². The van der Waals surface area contributed by atoms with E-state index in [2.05, 4.69) is 5.32 Å². The van der Waals surface area contributed by atoms with Crippen LogP contribution in [0.5, 0.6) is 5.75 Å². The van der Waals surface area contributed by atoms with Gasteiger partial charge >= 0.3 is 0 Å². The van der Waals surface area contributed by atoms with Crippen LogP contribution < -0.4 is 10.1 Å². The molecule has 0 unspecified atom stereocenters. The molecule has 0 radical (unpaired) electrons. The molecule has 0 aromatic heterocycles. The summed E-state index contributed by atoms with van der Waals surface area (Å²) in [5, 5.41) is 2.83. The number of benzene rings is 1. The van der Waals surface area contributed by atoms with Gasteiger partial charge in [-0.3, -0.25) is 4.79 Å². The van der Waals surface area contributed by atoms with Gasteiger partial charge in [-0.05, 0) is 25.1 Å². The van der Waals surface area contributed by atoms with Gasteiger partial charge in [-0.2, -0.15) is 4.31 Å². The average molecular weight is 365 g/mol. The fraction of sp³-hybridized carbons (Fsp3) is 0.500. The molecule has 0 saturated carbocycles. The van der Waals surface area contributed by atoms with E-state index in [0.717, 1.165) is 4.31 Å². The van der Waals surface area contributed by atoms with E-state index >= 15 is 0 Å². The Morgan fingerprint density at radius 3 is 2.57 bits per heavy atom. The van der Waals surface area contributed by atoms with Crippen molar-refractivity contribution in [1.82, 2.24) is 9.62 Å². The summed E-state index contributed by atoms with van der Waals surface area (Å²) < 4.78 is 35.8. The first-order chi connectivity index (χ1) is 10.7. The highest BCUT2D eigenvalue weighted by atomic mass is 35.5. The predicted molar refractivity (Wildman–Crippen MR) is 87.3 cm³/mol. The fourth-order valence-electron chi connectivity index (χ4n) is 1.89. The lowest BCUT2D eigenvalue weighted by molar-refractivity contribution is -0.122. The first kappa shape index (κ1) is 19.7.